The molecule has 7 nitrogen and oxygen atoms in total. The van der Waals surface area contributed by atoms with E-state index in [1.54, 1.807) is 6.92 Å². The number of urea groups is 1. The van der Waals surface area contributed by atoms with Gasteiger partial charge in [0.1, 0.15) is 6.61 Å². The molecule has 0 saturated heterocycles. The number of rotatable bonds is 6. The number of hydrogen-bond donors (Lipinski definition) is 2. The second-order valence-electron chi connectivity index (χ2n) is 8.74. The number of nitrogens with one attached hydrogen (secondary N) is 2. The third-order valence-electron chi connectivity index (χ3n) is 7.00. The third kappa shape index (κ3) is 3.51. The minimum Gasteiger partial charge on any atom is -0.463 e. The molecule has 4 fully saturated rings. The zero-order valence-electron chi connectivity index (χ0n) is 16.7. The van der Waals surface area contributed by atoms with Gasteiger partial charge in [-0.25, -0.2) is 9.59 Å². The molecule has 0 unspecified atom stereocenters. The highest BCUT2D eigenvalue weighted by Gasteiger charge is 2.51. The van der Waals surface area contributed by atoms with Crippen molar-refractivity contribution in [3.05, 3.63) is 11.3 Å². The highest BCUT2D eigenvalue weighted by Crippen LogP contribution is 2.56. The molecule has 5 rings (SSSR count). The Morgan fingerprint density at radius 3 is 2.21 bits per heavy atom. The second kappa shape index (κ2) is 7.76. The molecule has 1 atom stereocenters. The molecule has 2 amide bonds. The Labute approximate surface area is 165 Å². The van der Waals surface area contributed by atoms with Crippen molar-refractivity contribution in [2.24, 2.45) is 29.6 Å². The highest BCUT2D eigenvalue weighted by molar-refractivity contribution is 5.94. The first-order valence-electron chi connectivity index (χ1n) is 10.6. The van der Waals surface area contributed by atoms with E-state index in [2.05, 4.69) is 10.6 Å². The summed E-state index contributed by atoms with van der Waals surface area (Å²) < 4.78 is 10.8. The van der Waals surface area contributed by atoms with Crippen molar-refractivity contribution in [1.29, 1.82) is 0 Å². The van der Waals surface area contributed by atoms with Crippen LogP contribution in [0.4, 0.5) is 4.79 Å². The van der Waals surface area contributed by atoms with Crippen LogP contribution < -0.4 is 10.6 Å². The Morgan fingerprint density at radius 2 is 1.64 bits per heavy atom. The Hall–Kier alpha value is -2.05. The molecule has 0 radical (unpaired) electrons. The van der Waals surface area contributed by atoms with Gasteiger partial charge in [-0.15, -0.1) is 0 Å². The molecule has 4 aliphatic carbocycles. The summed E-state index contributed by atoms with van der Waals surface area (Å²) in [7, 11) is 0. The van der Waals surface area contributed by atoms with E-state index < -0.39 is 12.0 Å². The summed E-state index contributed by atoms with van der Waals surface area (Å²) in [6, 6.07) is -0.830. The van der Waals surface area contributed by atoms with E-state index in [4.69, 9.17) is 9.47 Å². The van der Waals surface area contributed by atoms with Crippen LogP contribution in [0.15, 0.2) is 11.3 Å². The van der Waals surface area contributed by atoms with Crippen molar-refractivity contribution in [3.8, 4) is 0 Å². The minimum atomic E-state index is -0.484. The zero-order chi connectivity index (χ0) is 19.8. The third-order valence-corrected chi connectivity index (χ3v) is 7.00. The number of hydrogen-bond acceptors (Lipinski definition) is 5. The molecule has 1 aliphatic heterocycles. The number of esters is 2. The van der Waals surface area contributed by atoms with Crippen LogP contribution in [-0.2, 0) is 19.1 Å². The van der Waals surface area contributed by atoms with Gasteiger partial charge < -0.3 is 20.1 Å². The highest BCUT2D eigenvalue weighted by atomic mass is 16.5. The van der Waals surface area contributed by atoms with Crippen LogP contribution in [-0.4, -0.2) is 37.2 Å². The van der Waals surface area contributed by atoms with Crippen LogP contribution in [0, 0.1) is 29.6 Å². The van der Waals surface area contributed by atoms with E-state index in [9.17, 15) is 14.4 Å². The van der Waals surface area contributed by atoms with E-state index in [1.165, 1.54) is 6.42 Å². The molecule has 1 heterocycles. The van der Waals surface area contributed by atoms with Gasteiger partial charge in [0.05, 0.1) is 29.8 Å². The van der Waals surface area contributed by atoms with Gasteiger partial charge in [0.15, 0.2) is 0 Å². The molecule has 0 spiro atoms. The fraction of sp³-hybridized carbons (Fsp3) is 0.762. The van der Waals surface area contributed by atoms with E-state index in [-0.39, 0.29) is 31.1 Å². The molecule has 0 aromatic rings. The van der Waals surface area contributed by atoms with E-state index in [0.717, 1.165) is 37.5 Å². The summed E-state index contributed by atoms with van der Waals surface area (Å²) in [6.45, 7) is 3.77. The maximum atomic E-state index is 12.9. The number of ether oxygens (including phenoxy) is 2. The van der Waals surface area contributed by atoms with Gasteiger partial charge in [-0.05, 0) is 69.1 Å². The first kappa shape index (κ1) is 19.3. The summed E-state index contributed by atoms with van der Waals surface area (Å²) in [5.41, 5.74) is 0.688. The lowest BCUT2D eigenvalue weighted by Gasteiger charge is -2.53. The quantitative estimate of drug-likeness (QED) is 0.680. The van der Waals surface area contributed by atoms with Crippen molar-refractivity contribution in [2.75, 3.05) is 13.2 Å². The zero-order valence-corrected chi connectivity index (χ0v) is 16.7. The second-order valence-corrected chi connectivity index (χ2v) is 8.74. The summed E-state index contributed by atoms with van der Waals surface area (Å²) in [5.74, 6) is 1.77. The summed E-state index contributed by atoms with van der Waals surface area (Å²) in [5, 5.41) is 5.37. The molecule has 5 aliphatic rings. The maximum absolute atomic E-state index is 12.9. The van der Waals surface area contributed by atoms with E-state index in [1.807, 2.05) is 6.92 Å². The lowest BCUT2D eigenvalue weighted by molar-refractivity contribution is -0.161. The van der Waals surface area contributed by atoms with Gasteiger partial charge in [0.2, 0.25) is 0 Å². The molecule has 0 aromatic heterocycles. The summed E-state index contributed by atoms with van der Waals surface area (Å²) in [4.78, 5) is 37.3. The Bertz CT molecular complexity index is 673. The standard InChI is InChI=1S/C21H30N2O5/c1-3-15-18(20(25)27-4-2)16(23-21(26)22-15)10-28-19(24)17-13-6-11-5-12(8-13)9-14(17)7-11/h11-15,17H,3-10H2,1-2H3,(H2,22,23,26)/t11?,12?,13?,14?,15-,17?/m1/s1. The SMILES string of the molecule is CCOC(=O)C1=C(COC(=O)C2C3CC4CC(C3)CC2C4)NC(=O)N[C@@H]1CC. The van der Waals surface area contributed by atoms with Crippen LogP contribution in [0.1, 0.15) is 52.4 Å². The van der Waals surface area contributed by atoms with Crippen molar-refractivity contribution in [3.63, 3.8) is 0 Å². The first-order valence-corrected chi connectivity index (χ1v) is 10.6. The van der Waals surface area contributed by atoms with Crippen LogP contribution in [0.5, 0.6) is 0 Å². The van der Waals surface area contributed by atoms with E-state index >= 15 is 0 Å². The summed E-state index contributed by atoms with van der Waals surface area (Å²) in [6.07, 6.45) is 6.45. The predicted molar refractivity (Wildman–Crippen MR) is 101 cm³/mol. The number of amides is 2. The van der Waals surface area contributed by atoms with Gasteiger partial charge >= 0.3 is 18.0 Å². The molecular weight excluding hydrogens is 360 g/mol. The average molecular weight is 390 g/mol. The molecular formula is C21H30N2O5. The lowest BCUT2D eigenvalue weighted by atomic mass is 9.52. The molecule has 28 heavy (non-hydrogen) atoms. The molecule has 4 saturated carbocycles. The van der Waals surface area contributed by atoms with Crippen molar-refractivity contribution in [1.82, 2.24) is 10.6 Å². The molecule has 154 valence electrons. The van der Waals surface area contributed by atoms with Crippen LogP contribution in [0.2, 0.25) is 0 Å². The van der Waals surface area contributed by atoms with Crippen molar-refractivity contribution in [2.45, 2.75) is 58.4 Å². The van der Waals surface area contributed by atoms with Gasteiger partial charge in [0.25, 0.3) is 0 Å². The predicted octanol–water partition coefficient (Wildman–Crippen LogP) is 2.51. The number of carbonyl (C=O) groups excluding carboxylic acids is 3. The van der Waals surface area contributed by atoms with Gasteiger partial charge in [-0.3, -0.25) is 4.79 Å². The monoisotopic (exact) mass is 390 g/mol. The maximum Gasteiger partial charge on any atom is 0.338 e. The Morgan fingerprint density at radius 1 is 1.00 bits per heavy atom. The molecule has 7 heteroatoms. The Balaban J connectivity index is 1.47. The largest absolute Gasteiger partial charge is 0.463 e. The molecule has 2 N–H and O–H groups in total. The lowest BCUT2D eigenvalue weighted by Crippen LogP contribution is -2.51. The smallest absolute Gasteiger partial charge is 0.338 e. The Kier molecular flexibility index (Phi) is 5.34. The summed E-state index contributed by atoms with van der Waals surface area (Å²) >= 11 is 0. The topological polar surface area (TPSA) is 93.7 Å². The van der Waals surface area contributed by atoms with Crippen LogP contribution in [0.25, 0.3) is 0 Å². The van der Waals surface area contributed by atoms with Crippen molar-refractivity contribution < 1.29 is 23.9 Å². The van der Waals surface area contributed by atoms with Crippen LogP contribution in [0.3, 0.4) is 0 Å². The van der Waals surface area contributed by atoms with E-state index in [0.29, 0.717) is 29.5 Å². The molecule has 0 aromatic carbocycles. The number of carbonyl (C=O) groups is 3. The minimum absolute atomic E-state index is 0.0289. The fourth-order valence-electron chi connectivity index (χ4n) is 6.13. The normalized spacial score (nSPS) is 36.0. The van der Waals surface area contributed by atoms with Crippen LogP contribution >= 0.6 is 0 Å². The first-order chi connectivity index (χ1) is 13.5. The van der Waals surface area contributed by atoms with Crippen molar-refractivity contribution >= 4 is 18.0 Å². The average Bonchev–Trinajstić information content (AvgIpc) is 2.65. The van der Waals surface area contributed by atoms with Gasteiger partial charge in [-0.2, -0.15) is 0 Å². The van der Waals surface area contributed by atoms with Gasteiger partial charge in [0, 0.05) is 0 Å². The molecule has 4 bridgehead atoms. The fourth-order valence-corrected chi connectivity index (χ4v) is 6.13. The van der Waals surface area contributed by atoms with Gasteiger partial charge in [-0.1, -0.05) is 6.92 Å².